The molecule has 0 spiro atoms. The van der Waals surface area contributed by atoms with E-state index in [9.17, 15) is 13.2 Å². The van der Waals surface area contributed by atoms with Gasteiger partial charge in [0.05, 0.1) is 4.90 Å². The van der Waals surface area contributed by atoms with Crippen LogP contribution in [0.25, 0.3) is 6.08 Å². The summed E-state index contributed by atoms with van der Waals surface area (Å²) in [6, 6.07) is 15.7. The molecule has 1 aliphatic heterocycles. The second-order valence-corrected chi connectivity index (χ2v) is 8.07. The second-order valence-electron chi connectivity index (χ2n) is 6.13. The fraction of sp³-hybridized carbons (Fsp3) is 0.200. The van der Waals surface area contributed by atoms with Crippen molar-refractivity contribution >= 4 is 28.2 Å². The van der Waals surface area contributed by atoms with E-state index in [0.717, 1.165) is 18.4 Å². The summed E-state index contributed by atoms with van der Waals surface area (Å²) in [5.74, 6) is -0.460. The summed E-state index contributed by atoms with van der Waals surface area (Å²) in [6.45, 7) is 1.05. The zero-order valence-corrected chi connectivity index (χ0v) is 15.6. The second kappa shape index (κ2) is 8.75. The normalized spacial score (nSPS) is 15.6. The lowest BCUT2D eigenvalue weighted by atomic mass is 10.2. The van der Waals surface area contributed by atoms with E-state index >= 15 is 0 Å². The van der Waals surface area contributed by atoms with Crippen molar-refractivity contribution in [3.63, 3.8) is 0 Å². The predicted molar refractivity (Wildman–Crippen MR) is 106 cm³/mol. The molecular weight excluding hydrogens is 362 g/mol. The molecule has 0 atom stereocenters. The molecule has 0 radical (unpaired) electrons. The van der Waals surface area contributed by atoms with Crippen LogP contribution in [0.15, 0.2) is 70.7 Å². The highest BCUT2D eigenvalue weighted by atomic mass is 32.2. The molecule has 1 N–H and O–H groups in total. The Morgan fingerprint density at radius 2 is 1.78 bits per heavy atom. The van der Waals surface area contributed by atoms with E-state index in [1.165, 1.54) is 22.7 Å². The predicted octanol–water partition coefficient (Wildman–Crippen LogP) is 2.90. The fourth-order valence-electron chi connectivity index (χ4n) is 2.80. The van der Waals surface area contributed by atoms with E-state index in [1.807, 2.05) is 36.4 Å². The Hall–Kier alpha value is -2.77. The summed E-state index contributed by atoms with van der Waals surface area (Å²) in [6.07, 6.45) is 6.77. The smallest absolute Gasteiger partial charge is 0.267 e. The van der Waals surface area contributed by atoms with Crippen LogP contribution in [0.1, 0.15) is 28.8 Å². The van der Waals surface area contributed by atoms with Crippen molar-refractivity contribution < 1.29 is 13.2 Å². The van der Waals surface area contributed by atoms with Crippen LogP contribution in [0.5, 0.6) is 0 Å². The minimum atomic E-state index is -3.55. The first-order valence-corrected chi connectivity index (χ1v) is 10.2. The van der Waals surface area contributed by atoms with Crippen LogP contribution >= 0.6 is 0 Å². The van der Waals surface area contributed by atoms with Crippen LogP contribution in [0.2, 0.25) is 0 Å². The molecule has 0 aliphatic carbocycles. The van der Waals surface area contributed by atoms with Gasteiger partial charge in [0.1, 0.15) is 0 Å². The van der Waals surface area contributed by atoms with Gasteiger partial charge in [0.2, 0.25) is 10.0 Å². The van der Waals surface area contributed by atoms with Crippen LogP contribution in [0.4, 0.5) is 0 Å². The molecule has 1 amide bonds. The zero-order chi connectivity index (χ0) is 19.1. The summed E-state index contributed by atoms with van der Waals surface area (Å²) >= 11 is 0. The van der Waals surface area contributed by atoms with E-state index in [1.54, 1.807) is 18.2 Å². The Labute approximate surface area is 159 Å². The topological polar surface area (TPSA) is 78.8 Å². The number of nitrogens with zero attached hydrogens (tertiary/aromatic N) is 2. The van der Waals surface area contributed by atoms with E-state index in [4.69, 9.17) is 0 Å². The monoisotopic (exact) mass is 383 g/mol. The van der Waals surface area contributed by atoms with Gasteiger partial charge in [0, 0.05) is 24.9 Å². The van der Waals surface area contributed by atoms with Crippen LogP contribution in [0.3, 0.4) is 0 Å². The van der Waals surface area contributed by atoms with E-state index in [-0.39, 0.29) is 10.5 Å². The first kappa shape index (κ1) is 19.0. The van der Waals surface area contributed by atoms with E-state index in [0.29, 0.717) is 13.1 Å². The Morgan fingerprint density at radius 3 is 2.52 bits per heavy atom. The maximum absolute atomic E-state index is 12.6. The Bertz CT molecular complexity index is 947. The van der Waals surface area contributed by atoms with Crippen LogP contribution < -0.4 is 5.43 Å². The van der Waals surface area contributed by atoms with Gasteiger partial charge in [0.25, 0.3) is 5.91 Å². The van der Waals surface area contributed by atoms with Crippen molar-refractivity contribution in [3.8, 4) is 0 Å². The molecule has 0 saturated carbocycles. The highest BCUT2D eigenvalue weighted by Gasteiger charge is 2.27. The minimum absolute atomic E-state index is 0.130. The molecule has 7 heteroatoms. The lowest BCUT2D eigenvalue weighted by Crippen LogP contribution is -2.28. The Morgan fingerprint density at radius 1 is 1.04 bits per heavy atom. The number of rotatable bonds is 6. The molecule has 1 aliphatic rings. The summed E-state index contributed by atoms with van der Waals surface area (Å²) in [7, 11) is -3.55. The highest BCUT2D eigenvalue weighted by molar-refractivity contribution is 7.89. The fourth-order valence-corrected chi connectivity index (χ4v) is 4.36. The molecule has 1 heterocycles. The van der Waals surface area contributed by atoms with Crippen molar-refractivity contribution in [1.82, 2.24) is 9.73 Å². The molecule has 1 saturated heterocycles. The van der Waals surface area contributed by atoms with Gasteiger partial charge in [0.15, 0.2) is 0 Å². The number of nitrogens with one attached hydrogen (secondary N) is 1. The number of benzene rings is 2. The lowest BCUT2D eigenvalue weighted by Gasteiger charge is -2.15. The molecular formula is C20H21N3O3S. The van der Waals surface area contributed by atoms with Gasteiger partial charge in [-0.2, -0.15) is 9.41 Å². The molecule has 0 bridgehead atoms. The van der Waals surface area contributed by atoms with Gasteiger partial charge >= 0.3 is 0 Å². The molecule has 3 rings (SSSR count). The number of sulfonamides is 1. The highest BCUT2D eigenvalue weighted by Crippen LogP contribution is 2.21. The number of allylic oxidation sites excluding steroid dienone is 1. The molecule has 0 aromatic heterocycles. The quantitative estimate of drug-likeness (QED) is 0.615. The lowest BCUT2D eigenvalue weighted by molar-refractivity contribution is 0.0955. The molecule has 0 unspecified atom stereocenters. The number of hydrazone groups is 1. The number of amides is 1. The number of carbonyl (C=O) groups is 1. The average Bonchev–Trinajstić information content (AvgIpc) is 3.24. The molecule has 2 aromatic rings. The minimum Gasteiger partial charge on any atom is -0.267 e. The van der Waals surface area contributed by atoms with Gasteiger partial charge in [-0.05, 0) is 42.7 Å². The van der Waals surface area contributed by atoms with Crippen molar-refractivity contribution in [2.75, 3.05) is 13.1 Å². The van der Waals surface area contributed by atoms with E-state index < -0.39 is 15.9 Å². The van der Waals surface area contributed by atoms with Crippen molar-refractivity contribution in [2.24, 2.45) is 5.10 Å². The number of carbonyl (C=O) groups excluding carboxylic acids is 1. The summed E-state index contributed by atoms with van der Waals surface area (Å²) in [5.41, 5.74) is 3.68. The van der Waals surface area contributed by atoms with Crippen LogP contribution in [-0.2, 0) is 10.0 Å². The van der Waals surface area contributed by atoms with Gasteiger partial charge in [-0.1, -0.05) is 42.5 Å². The summed E-state index contributed by atoms with van der Waals surface area (Å²) in [4.78, 5) is 12.4. The number of hydrogen-bond donors (Lipinski definition) is 1. The summed E-state index contributed by atoms with van der Waals surface area (Å²) < 4.78 is 26.7. The third-order valence-corrected chi connectivity index (χ3v) is 6.11. The van der Waals surface area contributed by atoms with Crippen molar-refractivity contribution in [1.29, 1.82) is 0 Å². The van der Waals surface area contributed by atoms with E-state index in [2.05, 4.69) is 10.5 Å². The number of hydrogen-bond acceptors (Lipinski definition) is 4. The van der Waals surface area contributed by atoms with Gasteiger partial charge < -0.3 is 0 Å². The molecule has 27 heavy (non-hydrogen) atoms. The maximum atomic E-state index is 12.6. The largest absolute Gasteiger partial charge is 0.271 e. The average molecular weight is 383 g/mol. The zero-order valence-electron chi connectivity index (χ0n) is 14.8. The SMILES string of the molecule is O=C(N/N=C\C=C\c1ccccc1)c1cccc(S(=O)(=O)N2CCCC2)c1. The van der Waals surface area contributed by atoms with Crippen molar-refractivity contribution in [3.05, 3.63) is 71.8 Å². The molecule has 6 nitrogen and oxygen atoms in total. The molecule has 140 valence electrons. The first-order valence-electron chi connectivity index (χ1n) is 8.73. The third-order valence-electron chi connectivity index (χ3n) is 4.21. The molecule has 2 aromatic carbocycles. The molecule has 1 fully saturated rings. The third kappa shape index (κ3) is 4.90. The van der Waals surface area contributed by atoms with Gasteiger partial charge in [-0.3, -0.25) is 4.79 Å². The standard InChI is InChI=1S/C20H21N3O3S/c24-20(22-21-13-7-10-17-8-2-1-3-9-17)18-11-6-12-19(16-18)27(25,26)23-14-4-5-15-23/h1-3,6-13,16H,4-5,14-15H2,(H,22,24)/b10-7+,21-13-. The van der Waals surface area contributed by atoms with Gasteiger partial charge in [-0.15, -0.1) is 0 Å². The Balaban J connectivity index is 1.63. The van der Waals surface area contributed by atoms with Crippen LogP contribution in [0, 0.1) is 0 Å². The first-order chi connectivity index (χ1) is 13.1. The van der Waals surface area contributed by atoms with Gasteiger partial charge in [-0.25, -0.2) is 13.8 Å². The summed E-state index contributed by atoms with van der Waals surface area (Å²) in [5, 5.41) is 3.86. The van der Waals surface area contributed by atoms with Crippen molar-refractivity contribution in [2.45, 2.75) is 17.7 Å². The Kier molecular flexibility index (Phi) is 6.16. The van der Waals surface area contributed by atoms with Crippen LogP contribution in [-0.4, -0.2) is 37.9 Å². The maximum Gasteiger partial charge on any atom is 0.271 e.